The Morgan fingerprint density at radius 3 is 2.44 bits per heavy atom. The SMILES string of the molecule is Cc1ccc(C(=NC2CCCC2)NN)cc1. The van der Waals surface area contributed by atoms with Gasteiger partial charge in [0, 0.05) is 5.56 Å². The molecule has 1 fully saturated rings. The lowest BCUT2D eigenvalue weighted by molar-refractivity contribution is 0.701. The van der Waals surface area contributed by atoms with Crippen LogP contribution in [0.3, 0.4) is 0 Å². The predicted octanol–water partition coefficient (Wildman–Crippen LogP) is 2.15. The molecule has 3 N–H and O–H groups in total. The quantitative estimate of drug-likeness (QED) is 0.345. The van der Waals surface area contributed by atoms with Gasteiger partial charge in [-0.2, -0.15) is 0 Å². The first-order valence-electron chi connectivity index (χ1n) is 5.91. The molecule has 0 aliphatic heterocycles. The van der Waals surface area contributed by atoms with Gasteiger partial charge in [-0.05, 0) is 19.8 Å². The first kappa shape index (κ1) is 11.1. The fraction of sp³-hybridized carbons (Fsp3) is 0.462. The van der Waals surface area contributed by atoms with Crippen molar-refractivity contribution in [3.05, 3.63) is 35.4 Å². The van der Waals surface area contributed by atoms with E-state index in [1.165, 1.54) is 31.2 Å². The van der Waals surface area contributed by atoms with Gasteiger partial charge in [-0.15, -0.1) is 0 Å². The van der Waals surface area contributed by atoms with Gasteiger partial charge in [0.2, 0.25) is 0 Å². The molecular formula is C13H19N3. The van der Waals surface area contributed by atoms with Crippen molar-refractivity contribution in [3.8, 4) is 0 Å². The largest absolute Gasteiger partial charge is 0.308 e. The molecule has 3 heteroatoms. The van der Waals surface area contributed by atoms with Crippen molar-refractivity contribution in [2.75, 3.05) is 0 Å². The minimum absolute atomic E-state index is 0.451. The number of hydrogen-bond acceptors (Lipinski definition) is 2. The van der Waals surface area contributed by atoms with Gasteiger partial charge in [0.15, 0.2) is 0 Å². The van der Waals surface area contributed by atoms with Crippen LogP contribution in [-0.2, 0) is 0 Å². The fourth-order valence-corrected chi connectivity index (χ4v) is 2.12. The lowest BCUT2D eigenvalue weighted by Crippen LogP contribution is -2.32. The van der Waals surface area contributed by atoms with Crippen molar-refractivity contribution in [2.45, 2.75) is 38.6 Å². The second-order valence-electron chi connectivity index (χ2n) is 4.43. The molecule has 1 aliphatic carbocycles. The van der Waals surface area contributed by atoms with Gasteiger partial charge in [0.1, 0.15) is 5.84 Å². The van der Waals surface area contributed by atoms with Crippen LogP contribution in [0, 0.1) is 6.92 Å². The van der Waals surface area contributed by atoms with E-state index in [0.29, 0.717) is 6.04 Å². The van der Waals surface area contributed by atoms with E-state index < -0.39 is 0 Å². The number of nitrogens with two attached hydrogens (primary N) is 1. The van der Waals surface area contributed by atoms with Crippen molar-refractivity contribution in [1.29, 1.82) is 0 Å². The maximum absolute atomic E-state index is 5.54. The Labute approximate surface area is 96.7 Å². The zero-order valence-electron chi connectivity index (χ0n) is 9.74. The standard InChI is InChI=1S/C13H19N3/c1-10-6-8-11(9-7-10)13(16-14)15-12-4-2-3-5-12/h6-9,12H,2-5,14H2,1H3,(H,15,16). The third-order valence-electron chi connectivity index (χ3n) is 3.10. The van der Waals surface area contributed by atoms with Crippen molar-refractivity contribution < 1.29 is 0 Å². The summed E-state index contributed by atoms with van der Waals surface area (Å²) in [7, 11) is 0. The molecule has 1 saturated carbocycles. The van der Waals surface area contributed by atoms with Crippen LogP contribution in [0.15, 0.2) is 29.3 Å². The maximum Gasteiger partial charge on any atom is 0.142 e. The predicted molar refractivity (Wildman–Crippen MR) is 67.3 cm³/mol. The number of nitrogens with zero attached hydrogens (tertiary/aromatic N) is 1. The van der Waals surface area contributed by atoms with E-state index in [9.17, 15) is 0 Å². The Morgan fingerprint density at radius 1 is 1.25 bits per heavy atom. The van der Waals surface area contributed by atoms with Crippen LogP contribution in [0.5, 0.6) is 0 Å². The summed E-state index contributed by atoms with van der Waals surface area (Å²) in [6.45, 7) is 2.08. The highest BCUT2D eigenvalue weighted by molar-refractivity contribution is 5.98. The van der Waals surface area contributed by atoms with E-state index in [-0.39, 0.29) is 0 Å². The lowest BCUT2D eigenvalue weighted by atomic mass is 10.1. The van der Waals surface area contributed by atoms with Gasteiger partial charge in [-0.25, -0.2) is 5.84 Å². The molecular weight excluding hydrogens is 198 g/mol. The zero-order chi connectivity index (χ0) is 11.4. The first-order chi connectivity index (χ1) is 7.79. The molecule has 86 valence electrons. The Bertz CT molecular complexity index is 361. The van der Waals surface area contributed by atoms with Crippen LogP contribution >= 0.6 is 0 Å². The Balaban J connectivity index is 2.17. The highest BCUT2D eigenvalue weighted by Gasteiger charge is 2.14. The summed E-state index contributed by atoms with van der Waals surface area (Å²) in [5, 5.41) is 0. The van der Waals surface area contributed by atoms with E-state index in [0.717, 1.165) is 11.4 Å². The monoisotopic (exact) mass is 217 g/mol. The normalized spacial score (nSPS) is 17.8. The van der Waals surface area contributed by atoms with Crippen molar-refractivity contribution in [3.63, 3.8) is 0 Å². The number of nitrogens with one attached hydrogen (secondary N) is 1. The van der Waals surface area contributed by atoms with Crippen LogP contribution in [0.1, 0.15) is 36.8 Å². The minimum atomic E-state index is 0.451. The lowest BCUT2D eigenvalue weighted by Gasteiger charge is -2.09. The highest BCUT2D eigenvalue weighted by Crippen LogP contribution is 2.21. The fourth-order valence-electron chi connectivity index (χ4n) is 2.12. The summed E-state index contributed by atoms with van der Waals surface area (Å²) in [5.74, 6) is 6.35. The maximum atomic E-state index is 5.54. The number of amidine groups is 1. The van der Waals surface area contributed by atoms with E-state index >= 15 is 0 Å². The molecule has 0 unspecified atom stereocenters. The molecule has 1 aromatic rings. The third-order valence-corrected chi connectivity index (χ3v) is 3.10. The van der Waals surface area contributed by atoms with Gasteiger partial charge in [0.05, 0.1) is 6.04 Å². The van der Waals surface area contributed by atoms with E-state index in [2.05, 4.69) is 41.6 Å². The highest BCUT2D eigenvalue weighted by atomic mass is 15.3. The van der Waals surface area contributed by atoms with Crippen molar-refractivity contribution in [1.82, 2.24) is 5.43 Å². The molecule has 1 aromatic carbocycles. The number of aryl methyl sites for hydroxylation is 1. The molecule has 0 atom stereocenters. The van der Waals surface area contributed by atoms with E-state index in [1.807, 2.05) is 0 Å². The Hall–Kier alpha value is -1.35. The summed E-state index contributed by atoms with van der Waals surface area (Å²) in [6.07, 6.45) is 4.97. The van der Waals surface area contributed by atoms with Crippen LogP contribution in [0.25, 0.3) is 0 Å². The topological polar surface area (TPSA) is 50.4 Å². The number of hydrogen-bond donors (Lipinski definition) is 2. The molecule has 0 saturated heterocycles. The van der Waals surface area contributed by atoms with Crippen LogP contribution in [-0.4, -0.2) is 11.9 Å². The first-order valence-corrected chi connectivity index (χ1v) is 5.91. The molecule has 0 radical (unpaired) electrons. The zero-order valence-corrected chi connectivity index (χ0v) is 9.74. The number of hydrazine groups is 1. The average molecular weight is 217 g/mol. The van der Waals surface area contributed by atoms with Crippen LogP contribution < -0.4 is 11.3 Å². The van der Waals surface area contributed by atoms with Gasteiger partial charge < -0.3 is 5.43 Å². The molecule has 0 amide bonds. The molecule has 0 bridgehead atoms. The van der Waals surface area contributed by atoms with Gasteiger partial charge in [0.25, 0.3) is 0 Å². The summed E-state index contributed by atoms with van der Waals surface area (Å²) < 4.78 is 0. The second-order valence-corrected chi connectivity index (χ2v) is 4.43. The summed E-state index contributed by atoms with van der Waals surface area (Å²) in [5.41, 5.74) is 5.04. The molecule has 3 nitrogen and oxygen atoms in total. The number of aliphatic imine (C=N–C) groups is 1. The Morgan fingerprint density at radius 2 is 1.88 bits per heavy atom. The van der Waals surface area contributed by atoms with Crippen LogP contribution in [0.2, 0.25) is 0 Å². The van der Waals surface area contributed by atoms with Crippen molar-refractivity contribution >= 4 is 5.84 Å². The van der Waals surface area contributed by atoms with E-state index in [1.54, 1.807) is 0 Å². The summed E-state index contributed by atoms with van der Waals surface area (Å²) in [6, 6.07) is 8.73. The van der Waals surface area contributed by atoms with Gasteiger partial charge >= 0.3 is 0 Å². The molecule has 0 aromatic heterocycles. The number of benzene rings is 1. The Kier molecular flexibility index (Phi) is 3.57. The third kappa shape index (κ3) is 2.61. The minimum Gasteiger partial charge on any atom is -0.308 e. The molecule has 2 rings (SSSR count). The van der Waals surface area contributed by atoms with Gasteiger partial charge in [-0.3, -0.25) is 4.99 Å². The second kappa shape index (κ2) is 5.12. The number of rotatable bonds is 2. The van der Waals surface area contributed by atoms with Crippen LogP contribution in [0.4, 0.5) is 0 Å². The molecule has 1 aliphatic rings. The average Bonchev–Trinajstić information content (AvgIpc) is 2.80. The van der Waals surface area contributed by atoms with Crippen molar-refractivity contribution in [2.24, 2.45) is 10.8 Å². The summed E-state index contributed by atoms with van der Waals surface area (Å²) >= 11 is 0. The van der Waals surface area contributed by atoms with E-state index in [4.69, 9.17) is 5.84 Å². The van der Waals surface area contributed by atoms with Gasteiger partial charge in [-0.1, -0.05) is 42.7 Å². The summed E-state index contributed by atoms with van der Waals surface area (Å²) in [4.78, 5) is 4.67. The molecule has 0 heterocycles. The smallest absolute Gasteiger partial charge is 0.142 e. The molecule has 16 heavy (non-hydrogen) atoms. The molecule has 0 spiro atoms.